The molecule has 0 aliphatic heterocycles. The Labute approximate surface area is 218 Å². The third-order valence-corrected chi connectivity index (χ3v) is 6.57. The maximum atomic E-state index is 5.90. The fourth-order valence-electron chi connectivity index (χ4n) is 4.29. The Morgan fingerprint density at radius 2 is 1.25 bits per heavy atom. The van der Waals surface area contributed by atoms with Gasteiger partial charge in [0.15, 0.2) is 5.82 Å². The third kappa shape index (κ3) is 9.73. The molecule has 194 valence electrons. The second-order valence-corrected chi connectivity index (χ2v) is 9.71. The maximum Gasteiger partial charge on any atom is 0.159 e. The summed E-state index contributed by atoms with van der Waals surface area (Å²) >= 11 is 0. The summed E-state index contributed by atoms with van der Waals surface area (Å²) in [5.41, 5.74) is 4.57. The fourth-order valence-corrected chi connectivity index (χ4v) is 4.29. The van der Waals surface area contributed by atoms with E-state index in [1.807, 2.05) is 24.5 Å². The largest absolute Gasteiger partial charge is 0.491 e. The van der Waals surface area contributed by atoms with E-state index in [-0.39, 0.29) is 0 Å². The number of unbranched alkanes of at least 4 members (excludes halogenated alkanes) is 6. The predicted octanol–water partition coefficient (Wildman–Crippen LogP) is 8.69. The first-order valence-electron chi connectivity index (χ1n) is 14.0. The van der Waals surface area contributed by atoms with Gasteiger partial charge in [-0.3, -0.25) is 0 Å². The van der Waals surface area contributed by atoms with Crippen molar-refractivity contribution < 1.29 is 9.47 Å². The normalized spacial score (nSPS) is 12.0. The van der Waals surface area contributed by atoms with Crippen LogP contribution in [-0.4, -0.2) is 29.3 Å². The van der Waals surface area contributed by atoms with Crippen molar-refractivity contribution in [2.45, 2.75) is 91.1 Å². The molecule has 0 bridgehead atoms. The molecule has 0 radical (unpaired) electrons. The zero-order valence-corrected chi connectivity index (χ0v) is 22.5. The van der Waals surface area contributed by atoms with Gasteiger partial charge in [-0.2, -0.15) is 0 Å². The lowest BCUT2D eigenvalue weighted by molar-refractivity contribution is 0.0384. The summed E-state index contributed by atoms with van der Waals surface area (Å²) in [5.74, 6) is 1.65. The molecule has 0 amide bonds. The van der Waals surface area contributed by atoms with Gasteiger partial charge >= 0.3 is 0 Å². The molecule has 0 saturated carbocycles. The molecule has 3 aromatic rings. The Balaban J connectivity index is 1.41. The second-order valence-electron chi connectivity index (χ2n) is 9.71. The van der Waals surface area contributed by atoms with Crippen molar-refractivity contribution in [1.29, 1.82) is 0 Å². The number of nitrogens with zero attached hydrogens (tertiary/aromatic N) is 2. The summed E-state index contributed by atoms with van der Waals surface area (Å²) in [6.45, 7) is 7.84. The first-order valence-corrected chi connectivity index (χ1v) is 14.0. The van der Waals surface area contributed by atoms with Crippen LogP contribution in [0.25, 0.3) is 22.5 Å². The highest BCUT2D eigenvalue weighted by Crippen LogP contribution is 2.25. The van der Waals surface area contributed by atoms with Crippen molar-refractivity contribution in [2.24, 2.45) is 0 Å². The standard InChI is InChI=1S/C32H44N2O2/c1-4-6-8-9-11-12-26(3)35-22-23-36-31-20-18-29(19-21-31)28-14-16-30(17-15-28)32-33-24-27(25-34-32)13-10-7-5-2/h14-21,24-26H,4-13,22-23H2,1-3H3. The summed E-state index contributed by atoms with van der Waals surface area (Å²) < 4.78 is 11.8. The molecular weight excluding hydrogens is 444 g/mol. The Hall–Kier alpha value is -2.72. The third-order valence-electron chi connectivity index (χ3n) is 6.57. The molecule has 4 heteroatoms. The van der Waals surface area contributed by atoms with E-state index in [0.717, 1.165) is 41.1 Å². The van der Waals surface area contributed by atoms with Gasteiger partial charge in [0.2, 0.25) is 0 Å². The fraction of sp³-hybridized carbons (Fsp3) is 0.500. The number of aryl methyl sites for hydroxylation is 1. The summed E-state index contributed by atoms with van der Waals surface area (Å²) in [4.78, 5) is 9.15. The SMILES string of the molecule is CCCCCCCC(C)OCCOc1ccc(-c2ccc(-c3ncc(CCCCC)cn3)cc2)cc1. The summed E-state index contributed by atoms with van der Waals surface area (Å²) in [5, 5.41) is 0. The van der Waals surface area contributed by atoms with Crippen molar-refractivity contribution in [1.82, 2.24) is 9.97 Å². The molecule has 0 spiro atoms. The molecule has 1 aromatic heterocycles. The van der Waals surface area contributed by atoms with Crippen molar-refractivity contribution >= 4 is 0 Å². The van der Waals surface area contributed by atoms with Crippen LogP contribution in [-0.2, 0) is 11.2 Å². The van der Waals surface area contributed by atoms with E-state index in [1.165, 1.54) is 56.9 Å². The van der Waals surface area contributed by atoms with Crippen molar-refractivity contribution in [3.8, 4) is 28.3 Å². The lowest BCUT2D eigenvalue weighted by Gasteiger charge is -2.13. The average molecular weight is 489 g/mol. The van der Waals surface area contributed by atoms with Gasteiger partial charge in [0.1, 0.15) is 12.4 Å². The van der Waals surface area contributed by atoms with Crippen molar-refractivity contribution in [3.05, 3.63) is 66.5 Å². The van der Waals surface area contributed by atoms with E-state index in [2.05, 4.69) is 67.1 Å². The van der Waals surface area contributed by atoms with Crippen LogP contribution in [0, 0.1) is 0 Å². The molecule has 3 rings (SSSR count). The minimum Gasteiger partial charge on any atom is -0.491 e. The monoisotopic (exact) mass is 488 g/mol. The zero-order chi connectivity index (χ0) is 25.4. The smallest absolute Gasteiger partial charge is 0.159 e. The van der Waals surface area contributed by atoms with Crippen LogP contribution in [0.1, 0.15) is 84.1 Å². The van der Waals surface area contributed by atoms with Crippen LogP contribution in [0.15, 0.2) is 60.9 Å². The first kappa shape index (κ1) is 27.9. The average Bonchev–Trinajstić information content (AvgIpc) is 2.92. The van der Waals surface area contributed by atoms with Crippen molar-refractivity contribution in [2.75, 3.05) is 13.2 Å². The van der Waals surface area contributed by atoms with E-state index in [4.69, 9.17) is 9.47 Å². The van der Waals surface area contributed by atoms with Crippen LogP contribution < -0.4 is 4.74 Å². The zero-order valence-electron chi connectivity index (χ0n) is 22.5. The van der Waals surface area contributed by atoms with Gasteiger partial charge in [0.05, 0.1) is 12.7 Å². The van der Waals surface area contributed by atoms with E-state index in [9.17, 15) is 0 Å². The quantitative estimate of drug-likeness (QED) is 0.178. The number of aromatic nitrogens is 2. The number of benzene rings is 2. The lowest BCUT2D eigenvalue weighted by Crippen LogP contribution is -2.14. The molecule has 1 atom stereocenters. The van der Waals surface area contributed by atoms with Gasteiger partial charge in [-0.15, -0.1) is 0 Å². The van der Waals surface area contributed by atoms with Crippen LogP contribution >= 0.6 is 0 Å². The molecule has 4 nitrogen and oxygen atoms in total. The van der Waals surface area contributed by atoms with Gasteiger partial charge in [0.25, 0.3) is 0 Å². The Morgan fingerprint density at radius 3 is 1.92 bits per heavy atom. The number of ether oxygens (including phenoxy) is 2. The Kier molecular flexibility index (Phi) is 12.5. The van der Waals surface area contributed by atoms with Gasteiger partial charge in [-0.05, 0) is 55.0 Å². The molecule has 1 heterocycles. The highest BCUT2D eigenvalue weighted by molar-refractivity contribution is 5.68. The van der Waals surface area contributed by atoms with Crippen LogP contribution in [0.5, 0.6) is 5.75 Å². The molecule has 2 aromatic carbocycles. The second kappa shape index (κ2) is 16.1. The van der Waals surface area contributed by atoms with E-state index >= 15 is 0 Å². The number of hydrogen-bond donors (Lipinski definition) is 0. The van der Waals surface area contributed by atoms with E-state index < -0.39 is 0 Å². The first-order chi connectivity index (χ1) is 17.7. The van der Waals surface area contributed by atoms with Gasteiger partial charge in [0, 0.05) is 18.0 Å². The summed E-state index contributed by atoms with van der Waals surface area (Å²) in [6.07, 6.45) is 16.6. The van der Waals surface area contributed by atoms with E-state index in [0.29, 0.717) is 19.3 Å². The molecule has 0 saturated heterocycles. The van der Waals surface area contributed by atoms with Gasteiger partial charge in [-0.25, -0.2) is 9.97 Å². The molecule has 0 aliphatic rings. The van der Waals surface area contributed by atoms with Crippen molar-refractivity contribution in [3.63, 3.8) is 0 Å². The molecule has 0 aliphatic carbocycles. The maximum absolute atomic E-state index is 5.90. The molecule has 1 unspecified atom stereocenters. The molecule has 0 N–H and O–H groups in total. The highest BCUT2D eigenvalue weighted by Gasteiger charge is 2.05. The lowest BCUT2D eigenvalue weighted by atomic mass is 10.0. The molecule has 0 fully saturated rings. The predicted molar refractivity (Wildman–Crippen MR) is 150 cm³/mol. The minimum atomic E-state index is 0.301. The van der Waals surface area contributed by atoms with Crippen LogP contribution in [0.2, 0.25) is 0 Å². The van der Waals surface area contributed by atoms with E-state index in [1.54, 1.807) is 0 Å². The number of hydrogen-bond acceptors (Lipinski definition) is 4. The summed E-state index contributed by atoms with van der Waals surface area (Å²) in [7, 11) is 0. The Bertz CT molecular complexity index is 969. The minimum absolute atomic E-state index is 0.301. The van der Waals surface area contributed by atoms with Gasteiger partial charge in [-0.1, -0.05) is 95.2 Å². The summed E-state index contributed by atoms with van der Waals surface area (Å²) in [6, 6.07) is 16.7. The highest BCUT2D eigenvalue weighted by atomic mass is 16.5. The molecular formula is C32H44N2O2. The Morgan fingerprint density at radius 1 is 0.667 bits per heavy atom. The van der Waals surface area contributed by atoms with Gasteiger partial charge < -0.3 is 9.47 Å². The molecule has 36 heavy (non-hydrogen) atoms. The topological polar surface area (TPSA) is 44.2 Å². The number of rotatable bonds is 17. The van der Waals surface area contributed by atoms with Crippen LogP contribution in [0.4, 0.5) is 0 Å². The van der Waals surface area contributed by atoms with Crippen LogP contribution in [0.3, 0.4) is 0 Å².